The molecule has 1 aromatic rings. The third-order valence-electron chi connectivity index (χ3n) is 1.55. The van der Waals surface area contributed by atoms with Crippen LogP contribution in [0.15, 0.2) is 30.3 Å². The molecule has 1 heterocycles. The van der Waals surface area contributed by atoms with Crippen LogP contribution < -0.4 is 62.3 Å². The number of hydrogen-bond acceptors (Lipinski definition) is 13. The van der Waals surface area contributed by atoms with E-state index in [1.54, 1.807) is 0 Å². The molecule has 0 atom stereocenters. The topological polar surface area (TPSA) is 286 Å². The molecule has 2 rings (SSSR count). The molecule has 0 aromatic heterocycles. The van der Waals surface area contributed by atoms with E-state index >= 15 is 0 Å². The van der Waals surface area contributed by atoms with Gasteiger partial charge in [-0.1, -0.05) is 24.3 Å². The Morgan fingerprint density at radius 1 is 0.586 bits per heavy atom. The third kappa shape index (κ3) is 58.6. The van der Waals surface area contributed by atoms with Crippen LogP contribution in [0.5, 0.6) is 5.75 Å². The average Bonchev–Trinajstić information content (AvgIpc) is 2.33. The molecule has 0 fully saturated rings. The standard InChI is InChI=1S/C9H8O.4Al.3O4Si/c1-2-6-9-8(4-1)5-3-7-10-9;;;;;3*1-5(2,3)4/h1-6H,7H2;;;;;;;/q;4*+3;3*-4. The van der Waals surface area contributed by atoms with E-state index in [-0.39, 0.29) is 69.4 Å². The van der Waals surface area contributed by atoms with Crippen molar-refractivity contribution in [1.29, 1.82) is 0 Å². The van der Waals surface area contributed by atoms with E-state index in [0.29, 0.717) is 6.61 Å². The Morgan fingerprint density at radius 2 is 0.897 bits per heavy atom. The van der Waals surface area contributed by atoms with Gasteiger partial charge in [-0.15, -0.1) is 0 Å². The van der Waals surface area contributed by atoms with Gasteiger partial charge in [-0.3, -0.25) is 0 Å². The quantitative estimate of drug-likeness (QED) is 0.290. The molecule has 0 radical (unpaired) electrons. The number of para-hydroxylation sites is 1. The van der Waals surface area contributed by atoms with Gasteiger partial charge in [0.15, 0.2) is 0 Å². The van der Waals surface area contributed by atoms with Crippen LogP contribution in [0.2, 0.25) is 0 Å². The average molecular weight is 516 g/mol. The van der Waals surface area contributed by atoms with Gasteiger partial charge in [-0.05, 0) is 12.1 Å². The minimum absolute atomic E-state index is 0. The van der Waals surface area contributed by atoms with Crippen molar-refractivity contribution in [2.45, 2.75) is 0 Å². The van der Waals surface area contributed by atoms with Gasteiger partial charge in [0.25, 0.3) is 0 Å². The van der Waals surface area contributed by atoms with Gasteiger partial charge < -0.3 is 89.4 Å². The van der Waals surface area contributed by atoms with E-state index in [1.807, 2.05) is 30.3 Å². The third-order valence-corrected chi connectivity index (χ3v) is 1.55. The second kappa shape index (κ2) is 20.9. The predicted molar refractivity (Wildman–Crippen MR) is 81.2 cm³/mol. The molecule has 146 valence electrons. The molecule has 1 aliphatic rings. The van der Waals surface area contributed by atoms with E-state index in [0.717, 1.165) is 5.75 Å². The summed E-state index contributed by atoms with van der Waals surface area (Å²) >= 11 is 0. The van der Waals surface area contributed by atoms with Crippen molar-refractivity contribution in [3.05, 3.63) is 35.9 Å². The molecule has 1 aromatic carbocycles. The van der Waals surface area contributed by atoms with Gasteiger partial charge in [0.1, 0.15) is 12.4 Å². The van der Waals surface area contributed by atoms with Crippen LogP contribution in [0.1, 0.15) is 5.56 Å². The van der Waals surface area contributed by atoms with Crippen LogP contribution in [-0.4, -0.2) is 103 Å². The monoisotopic (exact) mass is 516 g/mol. The van der Waals surface area contributed by atoms with Crippen molar-refractivity contribution in [1.82, 2.24) is 0 Å². The van der Waals surface area contributed by atoms with Crippen LogP contribution in [0.4, 0.5) is 0 Å². The molecule has 0 saturated heterocycles. The summed E-state index contributed by atoms with van der Waals surface area (Å²) in [5, 5.41) is 0. The Balaban J connectivity index is -0.0000000620. The van der Waals surface area contributed by atoms with Crippen LogP contribution in [0.3, 0.4) is 0 Å². The molecule has 13 nitrogen and oxygen atoms in total. The van der Waals surface area contributed by atoms with Crippen LogP contribution >= 0.6 is 0 Å². The van der Waals surface area contributed by atoms with E-state index in [2.05, 4.69) is 6.08 Å². The fourth-order valence-electron chi connectivity index (χ4n) is 1.06. The van der Waals surface area contributed by atoms with E-state index in [9.17, 15) is 0 Å². The van der Waals surface area contributed by atoms with E-state index in [4.69, 9.17) is 62.3 Å². The van der Waals surface area contributed by atoms with Crippen molar-refractivity contribution in [3.63, 3.8) is 0 Å². The van der Waals surface area contributed by atoms with Crippen molar-refractivity contribution in [3.8, 4) is 5.75 Å². The summed E-state index contributed by atoms with van der Waals surface area (Å²) in [5.74, 6) is 0.991. The van der Waals surface area contributed by atoms with E-state index < -0.39 is 27.1 Å². The first-order valence-electron chi connectivity index (χ1n) is 5.80. The maximum absolute atomic E-state index is 8.58. The van der Waals surface area contributed by atoms with Crippen molar-refractivity contribution >= 4 is 103 Å². The maximum atomic E-state index is 8.58. The number of ether oxygens (including phenoxy) is 1. The minimum Gasteiger partial charge on any atom is -0.894 e. The molecule has 29 heavy (non-hydrogen) atoms. The number of fused-ring (bicyclic) bond motifs is 1. The first kappa shape index (κ1) is 43.9. The van der Waals surface area contributed by atoms with Gasteiger partial charge in [-0.25, -0.2) is 0 Å². The summed E-state index contributed by atoms with van der Waals surface area (Å²) < 4.78 is 5.34. The Morgan fingerprint density at radius 3 is 1.21 bits per heavy atom. The second-order valence-corrected chi connectivity index (χ2v) is 6.75. The van der Waals surface area contributed by atoms with Crippen molar-refractivity contribution < 1.29 is 62.3 Å². The second-order valence-electron chi connectivity index (χ2n) is 3.75. The molecule has 0 bridgehead atoms. The number of rotatable bonds is 0. The molecule has 0 amide bonds. The SMILES string of the molecule is C1=Cc2ccccc2OC1.[Al+3].[Al+3].[Al+3].[Al+3].[O-][Si]([O-])([O-])[O-].[O-][Si]([O-])([O-])[O-].[O-][Si]([O-])([O-])[O-]. The zero-order chi connectivity index (χ0) is 20.3. The molecular weight excluding hydrogens is 508 g/mol. The smallest absolute Gasteiger partial charge is 0.894 e. The first-order valence-corrected chi connectivity index (χ1v) is 10.7. The van der Waals surface area contributed by atoms with E-state index in [1.165, 1.54) is 5.56 Å². The summed E-state index contributed by atoms with van der Waals surface area (Å²) in [5.41, 5.74) is 1.17. The fraction of sp³-hybridized carbons (Fsp3) is 0.111. The molecule has 20 heteroatoms. The molecule has 0 aliphatic carbocycles. The first-order chi connectivity index (χ1) is 11.0. The summed E-state index contributed by atoms with van der Waals surface area (Å²) in [6.45, 7) is 0.705. The summed E-state index contributed by atoms with van der Waals surface area (Å²) in [6, 6.07) is 8.03. The number of benzene rings is 1. The molecular formula is C9H8Al4O13Si3. The largest absolute Gasteiger partial charge is 3.00 e. The van der Waals surface area contributed by atoms with Gasteiger partial charge in [0.2, 0.25) is 0 Å². The van der Waals surface area contributed by atoms with Crippen LogP contribution in [0, 0.1) is 0 Å². The molecule has 0 saturated carbocycles. The van der Waals surface area contributed by atoms with Crippen molar-refractivity contribution in [2.75, 3.05) is 6.61 Å². The van der Waals surface area contributed by atoms with Gasteiger partial charge in [0.05, 0.1) is 0 Å². The normalized spacial score (nSPS) is 11.0. The molecule has 0 spiro atoms. The van der Waals surface area contributed by atoms with Gasteiger partial charge in [0, 0.05) is 5.56 Å². The summed E-state index contributed by atoms with van der Waals surface area (Å²) in [7, 11) is -16.8. The molecule has 1 aliphatic heterocycles. The summed E-state index contributed by atoms with van der Waals surface area (Å²) in [4.78, 5) is 103. The zero-order valence-corrected chi connectivity index (χ0v) is 21.9. The minimum atomic E-state index is -5.61. The van der Waals surface area contributed by atoms with Gasteiger partial charge >= 0.3 is 69.4 Å². The molecule has 0 N–H and O–H groups in total. The summed E-state index contributed by atoms with van der Waals surface area (Å²) in [6.07, 6.45) is 4.10. The Hall–Kier alpha value is 1.06. The fourth-order valence-corrected chi connectivity index (χ4v) is 1.06. The maximum Gasteiger partial charge on any atom is 3.00 e. The van der Waals surface area contributed by atoms with Crippen LogP contribution in [0.25, 0.3) is 6.08 Å². The van der Waals surface area contributed by atoms with Crippen molar-refractivity contribution in [2.24, 2.45) is 0 Å². The Labute approximate surface area is 212 Å². The zero-order valence-electron chi connectivity index (χ0n) is 14.3. The van der Waals surface area contributed by atoms with Gasteiger partial charge in [-0.2, -0.15) is 0 Å². The van der Waals surface area contributed by atoms with Crippen LogP contribution in [-0.2, 0) is 0 Å². The Bertz CT molecular complexity index is 475. The predicted octanol–water partition coefficient (Wildman–Crippen LogP) is -14.8. The Kier molecular flexibility index (Phi) is 31.7. The number of hydrogen-bond donors (Lipinski definition) is 0. The molecule has 0 unspecified atom stereocenters.